The topological polar surface area (TPSA) is 86.7 Å². The lowest BCUT2D eigenvalue weighted by molar-refractivity contribution is -0.137. The Balaban J connectivity index is 2.68. The van der Waals surface area contributed by atoms with Crippen molar-refractivity contribution in [1.29, 1.82) is 0 Å². The van der Waals surface area contributed by atoms with E-state index in [4.69, 9.17) is 5.11 Å². The van der Waals surface area contributed by atoms with Crippen molar-refractivity contribution in [2.45, 2.75) is 13.3 Å². The van der Waals surface area contributed by atoms with Gasteiger partial charge in [-0.15, -0.1) is 0 Å². The molecule has 21 heavy (non-hydrogen) atoms. The summed E-state index contributed by atoms with van der Waals surface area (Å²) in [7, 11) is 3.28. The molecule has 6 nitrogen and oxygen atoms in total. The minimum Gasteiger partial charge on any atom is -0.481 e. The van der Waals surface area contributed by atoms with Crippen LogP contribution in [0.4, 0.5) is 0 Å². The van der Waals surface area contributed by atoms with E-state index in [0.29, 0.717) is 11.1 Å². The maximum atomic E-state index is 12.0. The molecule has 0 radical (unpaired) electrons. The van der Waals surface area contributed by atoms with Crippen LogP contribution in [0.5, 0.6) is 0 Å². The largest absolute Gasteiger partial charge is 0.481 e. The van der Waals surface area contributed by atoms with Crippen molar-refractivity contribution in [1.82, 2.24) is 10.2 Å². The number of hydrogen-bond acceptors (Lipinski definition) is 3. The average molecular weight is 292 g/mol. The van der Waals surface area contributed by atoms with Crippen LogP contribution in [0.15, 0.2) is 24.3 Å². The Hall–Kier alpha value is -2.37. The van der Waals surface area contributed by atoms with Gasteiger partial charge in [0.15, 0.2) is 0 Å². The van der Waals surface area contributed by atoms with E-state index >= 15 is 0 Å². The molecule has 0 aliphatic carbocycles. The molecule has 1 aromatic rings. The number of amides is 2. The molecule has 0 aliphatic rings. The first-order chi connectivity index (χ1) is 9.81. The number of rotatable bonds is 6. The lowest BCUT2D eigenvalue weighted by Gasteiger charge is -2.12. The summed E-state index contributed by atoms with van der Waals surface area (Å²) in [5.41, 5.74) is 0.816. The second-order valence-electron chi connectivity index (χ2n) is 5.19. The van der Waals surface area contributed by atoms with Crippen LogP contribution in [-0.2, 0) is 4.79 Å². The number of carbonyl (C=O) groups is 3. The van der Waals surface area contributed by atoms with Crippen molar-refractivity contribution < 1.29 is 19.5 Å². The number of carbonyl (C=O) groups excluding carboxylic acids is 2. The summed E-state index contributed by atoms with van der Waals surface area (Å²) in [4.78, 5) is 35.8. The zero-order valence-electron chi connectivity index (χ0n) is 12.4. The molecule has 0 heterocycles. The Morgan fingerprint density at radius 3 is 2.43 bits per heavy atom. The molecule has 0 aliphatic heterocycles. The molecule has 0 aromatic heterocycles. The van der Waals surface area contributed by atoms with Crippen LogP contribution in [-0.4, -0.2) is 48.4 Å². The van der Waals surface area contributed by atoms with E-state index in [2.05, 4.69) is 5.32 Å². The Morgan fingerprint density at radius 2 is 1.86 bits per heavy atom. The molecule has 2 amide bonds. The molecule has 0 saturated heterocycles. The molecule has 0 bridgehead atoms. The fraction of sp³-hybridized carbons (Fsp3) is 0.400. The summed E-state index contributed by atoms with van der Waals surface area (Å²) >= 11 is 0. The third-order valence-corrected chi connectivity index (χ3v) is 2.91. The zero-order chi connectivity index (χ0) is 16.0. The number of benzene rings is 1. The first-order valence-electron chi connectivity index (χ1n) is 6.63. The smallest absolute Gasteiger partial charge is 0.303 e. The predicted octanol–water partition coefficient (Wildman–Crippen LogP) is 1.23. The van der Waals surface area contributed by atoms with Gasteiger partial charge in [0.25, 0.3) is 11.8 Å². The third kappa shape index (κ3) is 5.25. The van der Waals surface area contributed by atoms with Crippen molar-refractivity contribution in [2.24, 2.45) is 5.92 Å². The Bertz CT molecular complexity index is 540. The lowest BCUT2D eigenvalue weighted by atomic mass is 10.1. The maximum Gasteiger partial charge on any atom is 0.303 e. The summed E-state index contributed by atoms with van der Waals surface area (Å²) < 4.78 is 0. The minimum absolute atomic E-state index is 0.000560. The van der Waals surface area contributed by atoms with Gasteiger partial charge in [0, 0.05) is 38.2 Å². The van der Waals surface area contributed by atoms with Gasteiger partial charge >= 0.3 is 5.97 Å². The summed E-state index contributed by atoms with van der Waals surface area (Å²) in [6.45, 7) is 2.03. The quantitative estimate of drug-likeness (QED) is 0.825. The molecule has 1 rings (SSSR count). The number of aliphatic carboxylic acids is 1. The van der Waals surface area contributed by atoms with Gasteiger partial charge in [0.1, 0.15) is 0 Å². The van der Waals surface area contributed by atoms with E-state index < -0.39 is 5.97 Å². The summed E-state index contributed by atoms with van der Waals surface area (Å²) in [6.07, 6.45) is -0.000560. The van der Waals surface area contributed by atoms with Crippen LogP contribution < -0.4 is 5.32 Å². The zero-order valence-corrected chi connectivity index (χ0v) is 12.4. The van der Waals surface area contributed by atoms with E-state index in [1.165, 1.54) is 11.0 Å². The molecular formula is C15H20N2O4. The highest BCUT2D eigenvalue weighted by Gasteiger charge is 2.13. The normalized spacial score (nSPS) is 11.6. The SMILES string of the molecule is CC(CNC(=O)c1cccc(C(=O)N(C)C)c1)CC(=O)O. The van der Waals surface area contributed by atoms with Crippen molar-refractivity contribution in [3.8, 4) is 0 Å². The fourth-order valence-corrected chi connectivity index (χ4v) is 1.79. The highest BCUT2D eigenvalue weighted by Crippen LogP contribution is 2.08. The van der Waals surface area contributed by atoms with Crippen molar-refractivity contribution in [3.63, 3.8) is 0 Å². The number of carboxylic acids is 1. The lowest BCUT2D eigenvalue weighted by Crippen LogP contribution is -2.29. The van der Waals surface area contributed by atoms with Gasteiger partial charge in [0.2, 0.25) is 0 Å². The highest BCUT2D eigenvalue weighted by molar-refractivity contribution is 5.99. The Kier molecular flexibility index (Phi) is 5.90. The van der Waals surface area contributed by atoms with Gasteiger partial charge < -0.3 is 15.3 Å². The van der Waals surface area contributed by atoms with Gasteiger partial charge in [-0.3, -0.25) is 14.4 Å². The van der Waals surface area contributed by atoms with E-state index in [1.54, 1.807) is 39.2 Å². The monoisotopic (exact) mass is 292 g/mol. The van der Waals surface area contributed by atoms with Crippen LogP contribution in [0.2, 0.25) is 0 Å². The van der Waals surface area contributed by atoms with Crippen LogP contribution in [0.3, 0.4) is 0 Å². The van der Waals surface area contributed by atoms with E-state index in [9.17, 15) is 14.4 Å². The van der Waals surface area contributed by atoms with Crippen LogP contribution >= 0.6 is 0 Å². The maximum absolute atomic E-state index is 12.0. The van der Waals surface area contributed by atoms with Gasteiger partial charge in [0.05, 0.1) is 0 Å². The number of carboxylic acid groups (broad SMARTS) is 1. The highest BCUT2D eigenvalue weighted by atomic mass is 16.4. The molecule has 0 fully saturated rings. The molecule has 0 saturated carbocycles. The van der Waals surface area contributed by atoms with Crippen molar-refractivity contribution in [3.05, 3.63) is 35.4 Å². The summed E-state index contributed by atoms with van der Waals surface area (Å²) in [5, 5.41) is 11.3. The van der Waals surface area contributed by atoms with Crippen molar-refractivity contribution >= 4 is 17.8 Å². The molecular weight excluding hydrogens is 272 g/mol. The first-order valence-corrected chi connectivity index (χ1v) is 6.63. The average Bonchev–Trinajstić information content (AvgIpc) is 2.43. The standard InChI is InChI=1S/C15H20N2O4/c1-10(7-13(18)19)9-16-14(20)11-5-4-6-12(8-11)15(21)17(2)3/h4-6,8,10H,7,9H2,1-3H3,(H,16,20)(H,18,19). The van der Waals surface area contributed by atoms with Gasteiger partial charge in [-0.05, 0) is 24.1 Å². The predicted molar refractivity (Wildman–Crippen MR) is 78.2 cm³/mol. The number of hydrogen-bond donors (Lipinski definition) is 2. The second-order valence-corrected chi connectivity index (χ2v) is 5.19. The Labute approximate surface area is 123 Å². The van der Waals surface area contributed by atoms with Crippen molar-refractivity contribution in [2.75, 3.05) is 20.6 Å². The van der Waals surface area contributed by atoms with Crippen LogP contribution in [0, 0.1) is 5.92 Å². The fourth-order valence-electron chi connectivity index (χ4n) is 1.79. The van der Waals surface area contributed by atoms with E-state index in [1.807, 2.05) is 0 Å². The summed E-state index contributed by atoms with van der Waals surface area (Å²) in [6, 6.07) is 6.43. The van der Waals surface area contributed by atoms with Gasteiger partial charge in [-0.2, -0.15) is 0 Å². The Morgan fingerprint density at radius 1 is 1.24 bits per heavy atom. The first kappa shape index (κ1) is 16.7. The number of nitrogens with zero attached hydrogens (tertiary/aromatic N) is 1. The minimum atomic E-state index is -0.893. The van der Waals surface area contributed by atoms with Gasteiger partial charge in [-0.1, -0.05) is 13.0 Å². The second kappa shape index (κ2) is 7.42. The van der Waals surface area contributed by atoms with E-state index in [-0.39, 0.29) is 30.7 Å². The van der Waals surface area contributed by atoms with Gasteiger partial charge in [-0.25, -0.2) is 0 Å². The molecule has 6 heteroatoms. The third-order valence-electron chi connectivity index (χ3n) is 2.91. The molecule has 1 unspecified atom stereocenters. The van der Waals surface area contributed by atoms with E-state index in [0.717, 1.165) is 0 Å². The van der Waals surface area contributed by atoms with Crippen LogP contribution in [0.25, 0.3) is 0 Å². The summed E-state index contributed by atoms with van der Waals surface area (Å²) in [5.74, 6) is -1.54. The molecule has 1 aromatic carbocycles. The van der Waals surface area contributed by atoms with Crippen LogP contribution in [0.1, 0.15) is 34.1 Å². The molecule has 2 N–H and O–H groups in total. The number of nitrogens with one attached hydrogen (secondary N) is 1. The molecule has 0 spiro atoms. The molecule has 114 valence electrons. The molecule has 1 atom stereocenters.